The molecule has 1 fully saturated rings. The van der Waals surface area contributed by atoms with Crippen molar-refractivity contribution in [3.8, 4) is 11.5 Å². The van der Waals surface area contributed by atoms with Gasteiger partial charge in [-0.05, 0) is 83.1 Å². The number of phenols is 1. The maximum absolute atomic E-state index is 13.8. The number of carboxylic acids is 1. The number of carbonyl (C=O) groups is 3. The molecule has 16 nitrogen and oxygen atoms in total. The standard InChI is InChI=1S/C38H52N6O10S/c1-9-10-11-12-23-18-28(45)32(25-17-22(4)13-14-24(25)21(2)3)30(19-23)53-37(40-7)43(8)34-26(35(47)44(34)55(50,51)52)20-29(46)33(27-15-16-31(39)41-27)42-54-38(5,6)36(48)49/h15,17-19,24-26,34,45H,2,9-14,16,20H2,1,3-8H3,(H2,39,41)(H,48,49)(H,50,51,52)/b40-37?,42-33-/t24-,25+,26-,34?/m0/s1. The van der Waals surface area contributed by atoms with Gasteiger partial charge in [0.2, 0.25) is 11.5 Å². The van der Waals surface area contributed by atoms with Crippen molar-refractivity contribution in [2.45, 2.75) is 104 Å². The monoisotopic (exact) mass is 784 g/mol. The molecule has 1 unspecified atom stereocenters. The van der Waals surface area contributed by atoms with Gasteiger partial charge in [-0.2, -0.15) is 12.7 Å². The average Bonchev–Trinajstić information content (AvgIpc) is 3.52. The van der Waals surface area contributed by atoms with Gasteiger partial charge in [-0.3, -0.25) is 14.1 Å². The normalized spacial score (nSPS) is 22.0. The summed E-state index contributed by atoms with van der Waals surface area (Å²) < 4.78 is 42.0. The van der Waals surface area contributed by atoms with E-state index in [-0.39, 0.29) is 51.6 Å². The van der Waals surface area contributed by atoms with Crippen LogP contribution in [-0.4, -0.2) is 93.5 Å². The largest absolute Gasteiger partial charge is 0.507 e. The molecule has 2 heterocycles. The molecule has 0 aromatic heterocycles. The molecule has 4 rings (SSSR count). The summed E-state index contributed by atoms with van der Waals surface area (Å²) in [7, 11) is -2.38. The minimum Gasteiger partial charge on any atom is -0.507 e. The molecule has 5 N–H and O–H groups in total. The van der Waals surface area contributed by atoms with Gasteiger partial charge >= 0.3 is 16.3 Å². The van der Waals surface area contributed by atoms with Gasteiger partial charge in [-0.25, -0.2) is 14.8 Å². The first-order chi connectivity index (χ1) is 25.7. The number of amides is 1. The van der Waals surface area contributed by atoms with Crippen molar-refractivity contribution in [2.24, 2.45) is 32.7 Å². The van der Waals surface area contributed by atoms with Crippen LogP contribution in [0.1, 0.15) is 96.6 Å². The predicted molar refractivity (Wildman–Crippen MR) is 207 cm³/mol. The second-order valence-corrected chi connectivity index (χ2v) is 16.0. The molecular weight excluding hydrogens is 733 g/mol. The lowest BCUT2D eigenvalue weighted by molar-refractivity contribution is -0.161. The van der Waals surface area contributed by atoms with Crippen molar-refractivity contribution >= 4 is 45.5 Å². The number of allylic oxidation sites excluding steroid dienone is 4. The van der Waals surface area contributed by atoms with Crippen LogP contribution in [0.2, 0.25) is 0 Å². The summed E-state index contributed by atoms with van der Waals surface area (Å²) in [5.41, 5.74) is 6.86. The Morgan fingerprint density at radius 2 is 1.93 bits per heavy atom. The Bertz CT molecular complexity index is 1980. The molecule has 17 heteroatoms. The average molecular weight is 785 g/mol. The van der Waals surface area contributed by atoms with Gasteiger partial charge in [-0.15, -0.1) is 0 Å². The number of aliphatic carboxylic acids is 1. The second-order valence-electron chi connectivity index (χ2n) is 14.7. The molecular formula is C38H52N6O10S. The molecule has 1 amide bonds. The third kappa shape index (κ3) is 9.62. The quantitative estimate of drug-likeness (QED) is 0.0335. The number of ketones is 1. The number of hydrogen-bond donors (Lipinski definition) is 4. The SMILES string of the molecule is C=C(C)[C@@H]1CCC(C)=C[C@H]1c1c(O)cc(CCCCC)cc1OC(=NC)N(C)C1[C@H](CC(=O)/C(=N\OC(C)(C)C(=O)O)C2=CCC(N)=N2)C(=O)N1S(=O)(=O)O. The number of unbranched alkanes of at least 4 members (excludes halogenated alkanes) is 2. The lowest BCUT2D eigenvalue weighted by Crippen LogP contribution is -2.70. The van der Waals surface area contributed by atoms with Crippen molar-refractivity contribution in [1.82, 2.24) is 9.21 Å². The molecule has 1 aromatic carbocycles. The number of ether oxygens (including phenoxy) is 1. The van der Waals surface area contributed by atoms with E-state index in [2.05, 4.69) is 34.7 Å². The van der Waals surface area contributed by atoms with E-state index >= 15 is 0 Å². The number of hydrogen-bond acceptors (Lipinski definition) is 12. The molecule has 3 aliphatic rings. The summed E-state index contributed by atoms with van der Waals surface area (Å²) in [4.78, 5) is 53.7. The van der Waals surface area contributed by atoms with Gasteiger partial charge < -0.3 is 30.4 Å². The van der Waals surface area contributed by atoms with Crippen LogP contribution in [0.25, 0.3) is 0 Å². The van der Waals surface area contributed by atoms with Crippen LogP contribution in [0.4, 0.5) is 0 Å². The topological polar surface area (TPSA) is 234 Å². The number of nitrogens with two attached hydrogens (primary N) is 1. The van der Waals surface area contributed by atoms with Crippen LogP contribution in [0.15, 0.2) is 62.8 Å². The van der Waals surface area contributed by atoms with Crippen LogP contribution >= 0.6 is 0 Å². The van der Waals surface area contributed by atoms with Crippen LogP contribution in [0, 0.1) is 11.8 Å². The van der Waals surface area contributed by atoms with E-state index in [4.69, 9.17) is 15.3 Å². The number of amidine groups is 2. The molecule has 55 heavy (non-hydrogen) atoms. The third-order valence-electron chi connectivity index (χ3n) is 10.00. The van der Waals surface area contributed by atoms with E-state index in [9.17, 15) is 37.6 Å². The molecule has 0 spiro atoms. The molecule has 1 aliphatic carbocycles. The number of benzene rings is 1. The maximum atomic E-state index is 13.8. The number of nitrogens with zero attached hydrogens (tertiary/aromatic N) is 5. The molecule has 1 aromatic rings. The van der Waals surface area contributed by atoms with E-state index in [0.717, 1.165) is 48.8 Å². The van der Waals surface area contributed by atoms with Crippen LogP contribution in [-0.2, 0) is 35.9 Å². The van der Waals surface area contributed by atoms with Crippen molar-refractivity contribution < 1.29 is 47.1 Å². The number of rotatable bonds is 16. The zero-order valence-corrected chi connectivity index (χ0v) is 33.2. The highest BCUT2D eigenvalue weighted by molar-refractivity contribution is 7.84. The third-order valence-corrected chi connectivity index (χ3v) is 10.9. The summed E-state index contributed by atoms with van der Waals surface area (Å²) in [5, 5.41) is 24.9. The number of aromatic hydroxyl groups is 1. The number of β-lactam (4-membered cyclic amide) rings is 1. The van der Waals surface area contributed by atoms with Crippen molar-refractivity contribution in [1.29, 1.82) is 0 Å². The van der Waals surface area contributed by atoms with Crippen LogP contribution in [0.5, 0.6) is 11.5 Å². The highest BCUT2D eigenvalue weighted by Crippen LogP contribution is 2.47. The fourth-order valence-electron chi connectivity index (χ4n) is 6.91. The fraction of sp³-hybridized carbons (Fsp3) is 0.526. The van der Waals surface area contributed by atoms with E-state index in [1.165, 1.54) is 38.9 Å². The summed E-state index contributed by atoms with van der Waals surface area (Å²) in [6.45, 7) is 12.7. The minimum absolute atomic E-state index is 0.00999. The second kappa shape index (κ2) is 17.2. The lowest BCUT2D eigenvalue weighted by Gasteiger charge is -2.48. The number of oxime groups is 1. The zero-order chi connectivity index (χ0) is 41.0. The van der Waals surface area contributed by atoms with Gasteiger partial charge in [0, 0.05) is 38.4 Å². The summed E-state index contributed by atoms with van der Waals surface area (Å²) >= 11 is 0. The first kappa shape index (κ1) is 42.7. The van der Waals surface area contributed by atoms with Crippen molar-refractivity contribution in [3.05, 3.63) is 58.8 Å². The zero-order valence-electron chi connectivity index (χ0n) is 32.4. The van der Waals surface area contributed by atoms with E-state index in [1.807, 2.05) is 19.9 Å². The summed E-state index contributed by atoms with van der Waals surface area (Å²) in [6.07, 6.45) is 6.68. The number of aliphatic imine (C=N–C) groups is 2. The van der Waals surface area contributed by atoms with Gasteiger partial charge in [0.15, 0.2) is 11.5 Å². The highest BCUT2D eigenvalue weighted by Gasteiger charge is 2.57. The Kier molecular flexibility index (Phi) is 13.3. The summed E-state index contributed by atoms with van der Waals surface area (Å²) in [5.74, 6) is -4.62. The number of Topliss-reactive ketones (excluding diaryl/α,β-unsaturated/α-hetero) is 1. The summed E-state index contributed by atoms with van der Waals surface area (Å²) in [6, 6.07) is 3.35. The van der Waals surface area contributed by atoms with Crippen molar-refractivity contribution in [3.63, 3.8) is 0 Å². The number of carbonyl (C=O) groups excluding carboxylic acids is 2. The van der Waals surface area contributed by atoms with Gasteiger partial charge in [0.05, 0.1) is 11.6 Å². The molecule has 0 saturated carbocycles. The Morgan fingerprint density at radius 3 is 2.49 bits per heavy atom. The molecule has 300 valence electrons. The van der Waals surface area contributed by atoms with Crippen LogP contribution < -0.4 is 10.5 Å². The molecule has 0 bridgehead atoms. The Labute approximate surface area is 322 Å². The Balaban J connectivity index is 1.74. The molecule has 0 radical (unpaired) electrons. The maximum Gasteiger partial charge on any atom is 0.364 e. The van der Waals surface area contributed by atoms with Crippen LogP contribution in [0.3, 0.4) is 0 Å². The van der Waals surface area contributed by atoms with E-state index in [1.54, 1.807) is 6.07 Å². The number of aryl methyl sites for hydroxylation is 1. The lowest BCUT2D eigenvalue weighted by atomic mass is 9.73. The van der Waals surface area contributed by atoms with E-state index in [0.29, 0.717) is 12.0 Å². The van der Waals surface area contributed by atoms with Gasteiger partial charge in [-0.1, -0.05) is 48.7 Å². The number of carboxylic acid groups (broad SMARTS) is 1. The molecule has 1 saturated heterocycles. The molecule has 2 aliphatic heterocycles. The first-order valence-corrected chi connectivity index (χ1v) is 19.5. The Hall–Kier alpha value is -5.03. The fourth-order valence-corrected chi connectivity index (χ4v) is 7.83. The Morgan fingerprint density at radius 1 is 1.24 bits per heavy atom. The molecule has 4 atom stereocenters. The predicted octanol–water partition coefficient (Wildman–Crippen LogP) is 4.86. The van der Waals surface area contributed by atoms with Crippen molar-refractivity contribution in [2.75, 3.05) is 14.1 Å². The highest BCUT2D eigenvalue weighted by atomic mass is 32.2. The first-order valence-electron chi connectivity index (χ1n) is 18.1. The number of phenolic OH excluding ortho intramolecular Hbond substituents is 1. The van der Waals surface area contributed by atoms with Gasteiger partial charge in [0.25, 0.3) is 6.02 Å². The van der Waals surface area contributed by atoms with E-state index < -0.39 is 57.8 Å². The minimum atomic E-state index is -5.16. The smallest absolute Gasteiger partial charge is 0.364 e. The van der Waals surface area contributed by atoms with Gasteiger partial charge in [0.1, 0.15) is 23.5 Å².